The van der Waals surface area contributed by atoms with E-state index in [1.165, 1.54) is 0 Å². The van der Waals surface area contributed by atoms with Crippen LogP contribution in [0.1, 0.15) is 17.1 Å². The molecule has 0 saturated carbocycles. The Kier molecular flexibility index (Phi) is 4.74. The first kappa shape index (κ1) is 20.3. The molecule has 1 saturated heterocycles. The fraction of sp³-hybridized carbons (Fsp3) is 0.318. The van der Waals surface area contributed by atoms with Crippen LogP contribution < -0.4 is 20.8 Å². The third-order valence-electron chi connectivity index (χ3n) is 6.01. The van der Waals surface area contributed by atoms with E-state index < -0.39 is 23.4 Å². The summed E-state index contributed by atoms with van der Waals surface area (Å²) in [6.07, 6.45) is 0. The summed E-state index contributed by atoms with van der Waals surface area (Å²) in [5, 5.41) is 19.6. The minimum Gasteiger partial charge on any atom is -0.457 e. The van der Waals surface area contributed by atoms with Crippen LogP contribution >= 0.6 is 0 Å². The molecule has 4 heterocycles. The highest BCUT2D eigenvalue weighted by Gasteiger charge is 2.61. The van der Waals surface area contributed by atoms with E-state index in [0.717, 1.165) is 6.07 Å². The van der Waals surface area contributed by atoms with Gasteiger partial charge < -0.3 is 24.7 Å². The number of hydrogen-bond acceptors (Lipinski definition) is 9. The third-order valence-corrected chi connectivity index (χ3v) is 6.01. The third kappa shape index (κ3) is 2.69. The molecule has 3 aliphatic heterocycles. The van der Waals surface area contributed by atoms with E-state index in [-0.39, 0.29) is 35.4 Å². The van der Waals surface area contributed by atoms with Crippen molar-refractivity contribution < 1.29 is 23.8 Å². The number of anilines is 1. The molecule has 0 bridgehead atoms. The van der Waals surface area contributed by atoms with Crippen LogP contribution in [0.3, 0.4) is 0 Å². The van der Waals surface area contributed by atoms with Crippen molar-refractivity contribution in [3.05, 3.63) is 69.1 Å². The molecule has 5 rings (SSSR count). The normalized spacial score (nSPS) is 22.5. The first-order valence-electron chi connectivity index (χ1n) is 10.1. The van der Waals surface area contributed by atoms with Gasteiger partial charge in [-0.15, -0.1) is 0 Å². The van der Waals surface area contributed by atoms with E-state index in [2.05, 4.69) is 4.90 Å². The van der Waals surface area contributed by atoms with Crippen LogP contribution in [0.5, 0.6) is 5.75 Å². The number of fused-ring (bicyclic) bond motifs is 4. The fourth-order valence-corrected chi connectivity index (χ4v) is 4.55. The number of morpholine rings is 1. The molecule has 1 atom stereocenters. The van der Waals surface area contributed by atoms with Crippen molar-refractivity contribution in [3.8, 4) is 11.8 Å². The van der Waals surface area contributed by atoms with Crippen molar-refractivity contribution in [1.82, 2.24) is 4.90 Å². The Morgan fingerprint density at radius 1 is 1.22 bits per heavy atom. The van der Waals surface area contributed by atoms with E-state index >= 15 is 0 Å². The van der Waals surface area contributed by atoms with Gasteiger partial charge in [0.15, 0.2) is 11.2 Å². The van der Waals surface area contributed by atoms with Gasteiger partial charge >= 0.3 is 0 Å². The minimum atomic E-state index is -1.79. The van der Waals surface area contributed by atoms with Crippen molar-refractivity contribution in [1.29, 1.82) is 5.26 Å². The first-order chi connectivity index (χ1) is 15.5. The summed E-state index contributed by atoms with van der Waals surface area (Å²) in [6, 6.07) is 10.1. The van der Waals surface area contributed by atoms with Gasteiger partial charge in [0.25, 0.3) is 5.91 Å². The zero-order valence-electron chi connectivity index (χ0n) is 17.0. The number of nitriles is 1. The fourth-order valence-electron chi connectivity index (χ4n) is 4.55. The summed E-state index contributed by atoms with van der Waals surface area (Å²) >= 11 is 0. The lowest BCUT2D eigenvalue weighted by molar-refractivity contribution is -0.122. The van der Waals surface area contributed by atoms with E-state index in [1.54, 1.807) is 29.2 Å². The van der Waals surface area contributed by atoms with Gasteiger partial charge in [0.05, 0.1) is 25.6 Å². The number of hydrogen-bond donors (Lipinski definition) is 2. The van der Waals surface area contributed by atoms with Gasteiger partial charge in [-0.05, 0) is 6.07 Å². The number of nitrogens with two attached hydrogens (primary N) is 1. The molecule has 1 aromatic carbocycles. The van der Waals surface area contributed by atoms with Crippen LogP contribution in [-0.2, 0) is 21.6 Å². The number of carbonyl (C=O) groups is 1. The molecule has 164 valence electrons. The molecule has 0 radical (unpaired) electrons. The Morgan fingerprint density at radius 3 is 2.69 bits per heavy atom. The maximum Gasteiger partial charge on any atom is 0.252 e. The van der Waals surface area contributed by atoms with Crippen molar-refractivity contribution in [2.45, 2.75) is 12.0 Å². The number of nitrogens with zero attached hydrogens (tertiary/aromatic N) is 3. The predicted molar refractivity (Wildman–Crippen MR) is 110 cm³/mol. The second-order valence-corrected chi connectivity index (χ2v) is 7.72. The highest BCUT2D eigenvalue weighted by Crippen LogP contribution is 2.54. The van der Waals surface area contributed by atoms with E-state index in [0.29, 0.717) is 37.6 Å². The van der Waals surface area contributed by atoms with Crippen LogP contribution in [-0.4, -0.2) is 48.9 Å². The molecule has 10 nitrogen and oxygen atoms in total. The highest BCUT2D eigenvalue weighted by atomic mass is 16.5. The summed E-state index contributed by atoms with van der Waals surface area (Å²) in [7, 11) is 0. The number of carbonyl (C=O) groups excluding carboxylic acids is 1. The molecular weight excluding hydrogens is 416 g/mol. The van der Waals surface area contributed by atoms with Gasteiger partial charge in [0.1, 0.15) is 24.0 Å². The largest absolute Gasteiger partial charge is 0.457 e. The van der Waals surface area contributed by atoms with Gasteiger partial charge in [-0.3, -0.25) is 19.4 Å². The summed E-state index contributed by atoms with van der Waals surface area (Å²) in [4.78, 5) is 30.5. The molecular formula is C22H20N4O6. The van der Waals surface area contributed by atoms with Crippen molar-refractivity contribution in [2.24, 2.45) is 5.73 Å². The smallest absolute Gasteiger partial charge is 0.252 e. The molecule has 3 aliphatic rings. The number of amides is 1. The minimum absolute atomic E-state index is 0.0496. The summed E-state index contributed by atoms with van der Waals surface area (Å²) in [5.74, 6) is -1.28. The Labute approximate surface area is 182 Å². The molecule has 1 fully saturated rings. The summed E-state index contributed by atoms with van der Waals surface area (Å²) < 4.78 is 16.7. The van der Waals surface area contributed by atoms with Gasteiger partial charge in [-0.25, -0.2) is 0 Å². The van der Waals surface area contributed by atoms with E-state index in [9.17, 15) is 20.0 Å². The monoisotopic (exact) mass is 436 g/mol. The number of para-hydroxylation sites is 1. The Morgan fingerprint density at radius 2 is 1.97 bits per heavy atom. The van der Waals surface area contributed by atoms with Crippen LogP contribution in [0.15, 0.2) is 51.0 Å². The molecule has 0 aliphatic carbocycles. The first-order valence-corrected chi connectivity index (χ1v) is 10.1. The summed E-state index contributed by atoms with van der Waals surface area (Å²) in [5.41, 5.74) is 4.53. The topological polar surface area (TPSA) is 142 Å². The molecule has 3 N–H and O–H groups in total. The second-order valence-electron chi connectivity index (χ2n) is 7.72. The lowest BCUT2D eigenvalue weighted by Gasteiger charge is -2.34. The van der Waals surface area contributed by atoms with Crippen molar-refractivity contribution >= 4 is 11.6 Å². The molecule has 1 unspecified atom stereocenters. The number of aliphatic hydroxyl groups is 1. The quantitative estimate of drug-likeness (QED) is 0.687. The summed E-state index contributed by atoms with van der Waals surface area (Å²) in [6.45, 7) is 2.09. The van der Waals surface area contributed by atoms with Crippen molar-refractivity contribution in [2.75, 3.05) is 37.9 Å². The van der Waals surface area contributed by atoms with Gasteiger partial charge in [0.2, 0.25) is 17.1 Å². The lowest BCUT2D eigenvalue weighted by atomic mass is 9.72. The van der Waals surface area contributed by atoms with Gasteiger partial charge in [-0.2, -0.15) is 5.26 Å². The highest BCUT2D eigenvalue weighted by molar-refractivity contribution is 6.13. The molecule has 2 aromatic rings. The number of rotatable bonds is 3. The van der Waals surface area contributed by atoms with Crippen LogP contribution in [0.4, 0.5) is 5.69 Å². The molecule has 32 heavy (non-hydrogen) atoms. The van der Waals surface area contributed by atoms with Crippen LogP contribution in [0.2, 0.25) is 0 Å². The SMILES string of the molecule is N#CC1=C(N)Oc2c(oc(CO)cc2=O)C12C(=O)N(CN1CCOCC1)c1ccccc12. The lowest BCUT2D eigenvalue weighted by Crippen LogP contribution is -2.51. The Hall–Kier alpha value is -3.65. The molecule has 1 amide bonds. The average Bonchev–Trinajstić information content (AvgIpc) is 3.04. The van der Waals surface area contributed by atoms with E-state index in [4.69, 9.17) is 19.6 Å². The molecule has 1 aromatic heterocycles. The maximum atomic E-state index is 14.1. The predicted octanol–water partition coefficient (Wildman–Crippen LogP) is 0.141. The number of benzene rings is 1. The maximum absolute atomic E-state index is 14.1. The average molecular weight is 436 g/mol. The van der Waals surface area contributed by atoms with Gasteiger partial charge in [0, 0.05) is 24.7 Å². The zero-order valence-corrected chi connectivity index (χ0v) is 17.0. The number of aliphatic hydroxyl groups excluding tert-OH is 1. The Balaban J connectivity index is 1.78. The van der Waals surface area contributed by atoms with Crippen LogP contribution in [0, 0.1) is 11.3 Å². The van der Waals surface area contributed by atoms with Gasteiger partial charge in [-0.1, -0.05) is 18.2 Å². The standard InChI is InChI=1S/C22H20N4O6/c23-10-15-20(24)32-18-17(28)9-13(11-27)31-19(18)22(15)14-3-1-2-4-16(14)26(21(22)29)12-25-5-7-30-8-6-25/h1-4,9,27H,5-8,11-12,24H2. The number of ether oxygens (including phenoxy) is 2. The Bertz CT molecular complexity index is 1240. The van der Waals surface area contributed by atoms with E-state index in [1.807, 2.05) is 6.07 Å². The van der Waals surface area contributed by atoms with Crippen molar-refractivity contribution in [3.63, 3.8) is 0 Å². The zero-order chi connectivity index (χ0) is 22.5. The molecule has 10 heteroatoms. The second kappa shape index (κ2) is 7.49. The molecule has 1 spiro atoms. The van der Waals surface area contributed by atoms with Crippen LogP contribution in [0.25, 0.3) is 0 Å².